The van der Waals surface area contributed by atoms with E-state index in [9.17, 15) is 27.2 Å². The third-order valence-corrected chi connectivity index (χ3v) is 4.37. The molecule has 0 aromatic carbocycles. The van der Waals surface area contributed by atoms with Crippen molar-refractivity contribution in [3.63, 3.8) is 0 Å². The summed E-state index contributed by atoms with van der Waals surface area (Å²) in [5.41, 5.74) is -0.892. The van der Waals surface area contributed by atoms with E-state index in [2.05, 4.69) is 28.5 Å². The standard InChI is InChI=1S/C20H28ClF4N5O3/c1-7-27-17(20(23,24)25)29(6)15(10-26-9-12(2)21)28-16(31)14-8-13(22)11-30(14)18(32)33-19(3,4)5/h7,9,13-15H,1-2,8,10-11H2,3-6H3,(H,28,31)/t13-,14+,15?/m1/s1. The number of amidine groups is 1. The molecule has 2 amide bonds. The van der Waals surface area contributed by atoms with Gasteiger partial charge in [-0.2, -0.15) is 13.2 Å². The number of carbonyl (C=O) groups excluding carboxylic acids is 2. The summed E-state index contributed by atoms with van der Waals surface area (Å²) in [5.74, 6) is -2.22. The molecule has 8 nitrogen and oxygen atoms in total. The van der Waals surface area contributed by atoms with Crippen LogP contribution in [0.3, 0.4) is 0 Å². The molecule has 1 fully saturated rings. The summed E-state index contributed by atoms with van der Waals surface area (Å²) in [5, 5.41) is 2.40. The first-order chi connectivity index (χ1) is 15.1. The number of alkyl halides is 4. The minimum Gasteiger partial charge on any atom is -0.444 e. The third-order valence-electron chi connectivity index (χ3n) is 4.27. The molecule has 1 N–H and O–H groups in total. The van der Waals surface area contributed by atoms with Crippen LogP contribution in [0.2, 0.25) is 0 Å². The largest absolute Gasteiger partial charge is 0.449 e. The van der Waals surface area contributed by atoms with Crippen molar-refractivity contribution >= 4 is 35.7 Å². The molecule has 0 saturated carbocycles. The number of hydrogen-bond acceptors (Lipinski definition) is 5. The first kappa shape index (κ1) is 28.4. The van der Waals surface area contributed by atoms with E-state index >= 15 is 0 Å². The van der Waals surface area contributed by atoms with Crippen molar-refractivity contribution in [3.8, 4) is 0 Å². The number of rotatable bonds is 7. The number of nitrogens with zero attached hydrogens (tertiary/aromatic N) is 4. The van der Waals surface area contributed by atoms with Crippen LogP contribution in [0.1, 0.15) is 27.2 Å². The van der Waals surface area contributed by atoms with Crippen molar-refractivity contribution < 1.29 is 31.9 Å². The first-order valence-corrected chi connectivity index (χ1v) is 10.2. The van der Waals surface area contributed by atoms with Crippen LogP contribution in [0.4, 0.5) is 22.4 Å². The Balaban J connectivity index is 3.17. The normalized spacial score (nSPS) is 20.5. The van der Waals surface area contributed by atoms with Crippen LogP contribution >= 0.6 is 11.6 Å². The minimum absolute atomic E-state index is 0.0192. The summed E-state index contributed by atoms with van der Waals surface area (Å²) in [4.78, 5) is 34.0. The molecule has 1 aliphatic rings. The molecule has 1 heterocycles. The quantitative estimate of drug-likeness (QED) is 0.252. The van der Waals surface area contributed by atoms with Crippen LogP contribution < -0.4 is 5.32 Å². The molecule has 1 unspecified atom stereocenters. The van der Waals surface area contributed by atoms with E-state index in [0.717, 1.165) is 18.2 Å². The molecule has 13 heteroatoms. The predicted molar refractivity (Wildman–Crippen MR) is 118 cm³/mol. The van der Waals surface area contributed by atoms with Crippen molar-refractivity contribution in [2.45, 2.75) is 57.3 Å². The van der Waals surface area contributed by atoms with Crippen LogP contribution in [0.25, 0.3) is 0 Å². The lowest BCUT2D eigenvalue weighted by Gasteiger charge is -2.33. The van der Waals surface area contributed by atoms with E-state index < -0.39 is 48.0 Å². The van der Waals surface area contributed by atoms with Crippen LogP contribution in [-0.2, 0) is 9.53 Å². The number of hydrogen-bond donors (Lipinski definition) is 1. The molecule has 1 rings (SSSR count). The topological polar surface area (TPSA) is 86.6 Å². The molecule has 33 heavy (non-hydrogen) atoms. The van der Waals surface area contributed by atoms with Gasteiger partial charge in [0.1, 0.15) is 24.0 Å². The second-order valence-corrected chi connectivity index (χ2v) is 8.68. The van der Waals surface area contributed by atoms with E-state index in [1.165, 1.54) is 0 Å². The van der Waals surface area contributed by atoms with Crippen molar-refractivity contribution in [1.82, 2.24) is 15.1 Å². The molecule has 0 spiro atoms. The van der Waals surface area contributed by atoms with Gasteiger partial charge >= 0.3 is 12.3 Å². The SMILES string of the molecule is C=CN=C(N(C)C(CN=CC(=C)Cl)NC(=O)[C@@H]1C[C@@H](F)CN1C(=O)OC(C)(C)C)C(F)(F)F. The maximum absolute atomic E-state index is 14.1. The van der Waals surface area contributed by atoms with Crippen molar-refractivity contribution in [2.75, 3.05) is 20.1 Å². The van der Waals surface area contributed by atoms with Gasteiger partial charge in [0.2, 0.25) is 11.7 Å². The zero-order chi connectivity index (χ0) is 25.6. The number of likely N-dealkylation sites (tertiary alicyclic amines) is 1. The van der Waals surface area contributed by atoms with Crippen LogP contribution in [0.5, 0.6) is 0 Å². The third kappa shape index (κ3) is 9.03. The lowest BCUT2D eigenvalue weighted by Crippen LogP contribution is -2.57. The van der Waals surface area contributed by atoms with E-state index in [1.807, 2.05) is 0 Å². The summed E-state index contributed by atoms with van der Waals surface area (Å²) >= 11 is 5.60. The zero-order valence-electron chi connectivity index (χ0n) is 18.8. The van der Waals surface area contributed by atoms with Gasteiger partial charge in [0.15, 0.2) is 0 Å². The van der Waals surface area contributed by atoms with Gasteiger partial charge in [-0.05, 0) is 20.8 Å². The number of allylic oxidation sites excluding steroid dienone is 1. The summed E-state index contributed by atoms with van der Waals surface area (Å²) in [6, 6.07) is -1.29. The minimum atomic E-state index is -4.87. The molecular weight excluding hydrogens is 470 g/mol. The number of aliphatic imine (C=N–C) groups is 2. The van der Waals surface area contributed by atoms with Gasteiger partial charge in [-0.1, -0.05) is 24.8 Å². The van der Waals surface area contributed by atoms with Crippen LogP contribution in [0, 0.1) is 0 Å². The fourth-order valence-electron chi connectivity index (χ4n) is 2.93. The predicted octanol–water partition coefficient (Wildman–Crippen LogP) is 3.64. The van der Waals surface area contributed by atoms with E-state index in [0.29, 0.717) is 11.1 Å². The number of ether oxygens (including phenoxy) is 1. The van der Waals surface area contributed by atoms with Crippen LogP contribution in [0.15, 0.2) is 34.4 Å². The molecule has 3 atom stereocenters. The van der Waals surface area contributed by atoms with Crippen molar-refractivity contribution in [2.24, 2.45) is 9.98 Å². The summed E-state index contributed by atoms with van der Waals surface area (Å²) in [6.45, 7) is 10.6. The van der Waals surface area contributed by atoms with Gasteiger partial charge in [0.25, 0.3) is 0 Å². The zero-order valence-corrected chi connectivity index (χ0v) is 19.6. The number of amides is 2. The number of nitrogens with one attached hydrogen (secondary N) is 1. The van der Waals surface area contributed by atoms with Gasteiger partial charge in [-0.25, -0.2) is 14.2 Å². The van der Waals surface area contributed by atoms with E-state index in [1.54, 1.807) is 20.8 Å². The highest BCUT2D eigenvalue weighted by Crippen LogP contribution is 2.24. The maximum atomic E-state index is 14.1. The summed E-state index contributed by atoms with van der Waals surface area (Å²) < 4.78 is 59.7. The summed E-state index contributed by atoms with van der Waals surface area (Å²) in [6.07, 6.45) is -7.18. The highest BCUT2D eigenvalue weighted by molar-refractivity contribution is 6.38. The van der Waals surface area contributed by atoms with Gasteiger partial charge in [-0.15, -0.1) is 0 Å². The van der Waals surface area contributed by atoms with Gasteiger partial charge in [-0.3, -0.25) is 14.7 Å². The lowest BCUT2D eigenvalue weighted by molar-refractivity contribution is -0.127. The lowest BCUT2D eigenvalue weighted by atomic mass is 10.2. The number of likely N-dealkylation sites (N-methyl/N-ethyl adjacent to an activating group) is 1. The molecule has 0 aromatic rings. The molecule has 0 radical (unpaired) electrons. The summed E-state index contributed by atoms with van der Waals surface area (Å²) in [7, 11) is 1.05. The monoisotopic (exact) mass is 497 g/mol. The molecule has 1 aliphatic heterocycles. The van der Waals surface area contributed by atoms with E-state index in [-0.39, 0.29) is 24.5 Å². The van der Waals surface area contributed by atoms with Crippen LogP contribution in [-0.4, -0.2) is 84.1 Å². The molecule has 0 aromatic heterocycles. The Morgan fingerprint density at radius 2 is 1.97 bits per heavy atom. The van der Waals surface area contributed by atoms with Gasteiger partial charge < -0.3 is 15.0 Å². The Hall–Kier alpha value is -2.63. The van der Waals surface area contributed by atoms with Gasteiger partial charge in [0, 0.05) is 25.9 Å². The average molecular weight is 498 g/mol. The molecular formula is C20H28ClF4N5O3. The van der Waals surface area contributed by atoms with Crippen molar-refractivity contribution in [3.05, 3.63) is 24.4 Å². The average Bonchev–Trinajstić information content (AvgIpc) is 3.04. The molecule has 0 aliphatic carbocycles. The highest BCUT2D eigenvalue weighted by atomic mass is 35.5. The Labute approximate surface area is 195 Å². The molecule has 0 bridgehead atoms. The van der Waals surface area contributed by atoms with E-state index in [4.69, 9.17) is 16.3 Å². The Bertz CT molecular complexity index is 811. The highest BCUT2D eigenvalue weighted by Gasteiger charge is 2.44. The smallest absolute Gasteiger partial charge is 0.444 e. The number of halogens is 5. The fourth-order valence-corrected chi connectivity index (χ4v) is 3.00. The second-order valence-electron chi connectivity index (χ2n) is 8.19. The molecule has 1 saturated heterocycles. The Kier molecular flexibility index (Phi) is 9.88. The fraction of sp³-hybridized carbons (Fsp3) is 0.600. The molecule has 186 valence electrons. The second kappa shape index (κ2) is 11.5. The van der Waals surface area contributed by atoms with Crippen molar-refractivity contribution in [1.29, 1.82) is 0 Å². The first-order valence-electron chi connectivity index (χ1n) is 9.83. The maximum Gasteiger partial charge on any atom is 0.449 e. The van der Waals surface area contributed by atoms with Gasteiger partial charge in [0.05, 0.1) is 18.1 Å². The Morgan fingerprint density at radius 3 is 2.45 bits per heavy atom. The number of carbonyl (C=O) groups is 2. The Morgan fingerprint density at radius 1 is 1.36 bits per heavy atom.